The van der Waals surface area contributed by atoms with Crippen molar-refractivity contribution in [2.45, 2.75) is 20.3 Å². The Bertz CT molecular complexity index is 619. The second-order valence-corrected chi connectivity index (χ2v) is 4.22. The van der Waals surface area contributed by atoms with E-state index in [1.54, 1.807) is 19.1 Å². The highest BCUT2D eigenvalue weighted by Crippen LogP contribution is 2.24. The van der Waals surface area contributed by atoms with Crippen LogP contribution in [0.4, 0.5) is 5.69 Å². The molecule has 6 heteroatoms. The number of anilines is 1. The summed E-state index contributed by atoms with van der Waals surface area (Å²) in [4.78, 5) is 26.8. The molecular weight excluding hydrogens is 244 g/mol. The summed E-state index contributed by atoms with van der Waals surface area (Å²) in [6.45, 7) is 3.18. The van der Waals surface area contributed by atoms with E-state index < -0.39 is 0 Å². The number of nitrogens with one attached hydrogen (secondary N) is 2. The first-order chi connectivity index (χ1) is 9.06. The van der Waals surface area contributed by atoms with Crippen LogP contribution in [0, 0.1) is 6.92 Å². The molecule has 2 N–H and O–H groups in total. The minimum atomic E-state index is -0.341. The molecule has 0 aliphatic rings. The lowest BCUT2D eigenvalue weighted by Crippen LogP contribution is -2.15. The van der Waals surface area contributed by atoms with Gasteiger partial charge in [0, 0.05) is 5.56 Å². The van der Waals surface area contributed by atoms with Crippen molar-refractivity contribution < 1.29 is 9.59 Å². The zero-order valence-electron chi connectivity index (χ0n) is 10.7. The largest absolute Gasteiger partial charge is 0.325 e. The molecule has 6 nitrogen and oxygen atoms in total. The Kier molecular flexibility index (Phi) is 3.70. The highest BCUT2D eigenvalue weighted by Gasteiger charge is 2.12. The molecule has 0 aliphatic heterocycles. The molecule has 1 aromatic heterocycles. The van der Waals surface area contributed by atoms with E-state index >= 15 is 0 Å². The lowest BCUT2D eigenvalue weighted by atomic mass is 10.1. The van der Waals surface area contributed by atoms with Crippen molar-refractivity contribution in [2.75, 3.05) is 5.32 Å². The SMILES string of the molecule is CC(=O)CC(=O)Nc1ccccc1-c1n[nH]c(C)n1. The summed E-state index contributed by atoms with van der Waals surface area (Å²) >= 11 is 0. The Balaban J connectivity index is 2.26. The minimum Gasteiger partial charge on any atom is -0.325 e. The maximum Gasteiger partial charge on any atom is 0.231 e. The number of ketones is 1. The molecule has 19 heavy (non-hydrogen) atoms. The molecule has 1 amide bonds. The van der Waals surface area contributed by atoms with Gasteiger partial charge in [-0.15, -0.1) is 0 Å². The van der Waals surface area contributed by atoms with E-state index in [9.17, 15) is 9.59 Å². The van der Waals surface area contributed by atoms with Gasteiger partial charge < -0.3 is 5.32 Å². The Morgan fingerprint density at radius 1 is 1.32 bits per heavy atom. The zero-order valence-corrected chi connectivity index (χ0v) is 10.7. The maximum atomic E-state index is 11.6. The van der Waals surface area contributed by atoms with Crippen LogP contribution in [0.1, 0.15) is 19.2 Å². The molecule has 0 saturated carbocycles. The summed E-state index contributed by atoms with van der Waals surface area (Å²) in [6, 6.07) is 7.19. The predicted octanol–water partition coefficient (Wildman–Crippen LogP) is 1.70. The van der Waals surface area contributed by atoms with Crippen LogP contribution < -0.4 is 5.32 Å². The molecule has 0 saturated heterocycles. The Labute approximate surface area is 110 Å². The molecule has 0 aliphatic carbocycles. The summed E-state index contributed by atoms with van der Waals surface area (Å²) in [5.74, 6) is 0.687. The van der Waals surface area contributed by atoms with E-state index in [2.05, 4.69) is 20.5 Å². The van der Waals surface area contributed by atoms with Gasteiger partial charge in [0.1, 0.15) is 11.6 Å². The Morgan fingerprint density at radius 2 is 2.05 bits per heavy atom. The van der Waals surface area contributed by atoms with Gasteiger partial charge in [-0.3, -0.25) is 14.7 Å². The summed E-state index contributed by atoms with van der Waals surface area (Å²) in [5, 5.41) is 9.51. The van der Waals surface area contributed by atoms with E-state index in [1.165, 1.54) is 6.92 Å². The molecule has 2 rings (SSSR count). The minimum absolute atomic E-state index is 0.138. The van der Waals surface area contributed by atoms with E-state index in [-0.39, 0.29) is 18.1 Å². The molecule has 2 aromatic rings. The van der Waals surface area contributed by atoms with E-state index in [1.807, 2.05) is 12.1 Å². The topological polar surface area (TPSA) is 87.7 Å². The van der Waals surface area contributed by atoms with Gasteiger partial charge in [0.15, 0.2) is 5.82 Å². The summed E-state index contributed by atoms with van der Waals surface area (Å²) in [6.07, 6.45) is -0.138. The number of aromatic nitrogens is 3. The number of carbonyl (C=O) groups excluding carboxylic acids is 2. The monoisotopic (exact) mass is 258 g/mol. The number of hydrogen-bond donors (Lipinski definition) is 2. The number of H-pyrrole nitrogens is 1. The fourth-order valence-electron chi connectivity index (χ4n) is 1.67. The number of amides is 1. The second kappa shape index (κ2) is 5.43. The summed E-state index contributed by atoms with van der Waals surface area (Å²) in [5.41, 5.74) is 1.30. The van der Waals surface area contributed by atoms with E-state index in [4.69, 9.17) is 0 Å². The lowest BCUT2D eigenvalue weighted by molar-refractivity contribution is -0.124. The molecule has 0 unspecified atom stereocenters. The number of para-hydroxylation sites is 1. The first-order valence-corrected chi connectivity index (χ1v) is 5.84. The number of benzene rings is 1. The van der Waals surface area contributed by atoms with Crippen LogP contribution >= 0.6 is 0 Å². The van der Waals surface area contributed by atoms with Gasteiger partial charge in [-0.25, -0.2) is 4.98 Å². The average molecular weight is 258 g/mol. The molecule has 1 heterocycles. The fourth-order valence-corrected chi connectivity index (χ4v) is 1.67. The van der Waals surface area contributed by atoms with Crippen molar-refractivity contribution >= 4 is 17.4 Å². The molecular formula is C13H14N4O2. The maximum absolute atomic E-state index is 11.6. The number of rotatable bonds is 4. The highest BCUT2D eigenvalue weighted by molar-refractivity contribution is 6.04. The van der Waals surface area contributed by atoms with Crippen molar-refractivity contribution in [1.82, 2.24) is 15.2 Å². The standard InChI is InChI=1S/C13H14N4O2/c1-8(18)7-12(19)15-11-6-4-3-5-10(11)13-14-9(2)16-17-13/h3-6H,7H2,1-2H3,(H,15,19)(H,14,16,17). The normalized spacial score (nSPS) is 10.2. The van der Waals surface area contributed by atoms with Gasteiger partial charge in [-0.05, 0) is 26.0 Å². The van der Waals surface area contributed by atoms with Crippen molar-refractivity contribution in [3.63, 3.8) is 0 Å². The molecule has 1 aromatic carbocycles. The molecule has 0 bridgehead atoms. The lowest BCUT2D eigenvalue weighted by Gasteiger charge is -2.07. The van der Waals surface area contributed by atoms with Gasteiger partial charge in [0.25, 0.3) is 0 Å². The number of aromatic amines is 1. The highest BCUT2D eigenvalue weighted by atomic mass is 16.2. The van der Waals surface area contributed by atoms with Crippen LogP contribution in [0.2, 0.25) is 0 Å². The van der Waals surface area contributed by atoms with Crippen LogP contribution in [-0.4, -0.2) is 26.9 Å². The number of hydrogen-bond acceptors (Lipinski definition) is 4. The van der Waals surface area contributed by atoms with Crippen molar-refractivity contribution in [2.24, 2.45) is 0 Å². The smallest absolute Gasteiger partial charge is 0.231 e. The first kappa shape index (κ1) is 12.9. The number of Topliss-reactive ketones (excluding diaryl/α,β-unsaturated/α-hetero) is 1. The molecule has 0 radical (unpaired) electrons. The number of nitrogens with zero attached hydrogens (tertiary/aromatic N) is 2. The third-order valence-electron chi connectivity index (χ3n) is 2.45. The van der Waals surface area contributed by atoms with Crippen molar-refractivity contribution in [3.05, 3.63) is 30.1 Å². The third-order valence-corrected chi connectivity index (χ3v) is 2.45. The molecule has 0 fully saturated rings. The van der Waals surface area contributed by atoms with Crippen LogP contribution in [-0.2, 0) is 9.59 Å². The van der Waals surface area contributed by atoms with Gasteiger partial charge in [-0.1, -0.05) is 12.1 Å². The van der Waals surface area contributed by atoms with E-state index in [0.717, 1.165) is 0 Å². The Hall–Kier alpha value is -2.50. The van der Waals surface area contributed by atoms with Gasteiger partial charge in [0.05, 0.1) is 12.1 Å². The van der Waals surface area contributed by atoms with Gasteiger partial charge in [-0.2, -0.15) is 5.10 Å². The second-order valence-electron chi connectivity index (χ2n) is 4.22. The van der Waals surface area contributed by atoms with Crippen LogP contribution in [0.15, 0.2) is 24.3 Å². The van der Waals surface area contributed by atoms with Crippen molar-refractivity contribution in [3.8, 4) is 11.4 Å². The average Bonchev–Trinajstić information content (AvgIpc) is 2.75. The molecule has 0 spiro atoms. The predicted molar refractivity (Wildman–Crippen MR) is 70.5 cm³/mol. The summed E-state index contributed by atoms with van der Waals surface area (Å²) in [7, 11) is 0. The third kappa shape index (κ3) is 3.25. The number of carbonyl (C=O) groups is 2. The van der Waals surface area contributed by atoms with Crippen LogP contribution in [0.5, 0.6) is 0 Å². The van der Waals surface area contributed by atoms with Gasteiger partial charge in [0.2, 0.25) is 5.91 Å². The Morgan fingerprint density at radius 3 is 2.68 bits per heavy atom. The van der Waals surface area contributed by atoms with E-state index in [0.29, 0.717) is 22.9 Å². The first-order valence-electron chi connectivity index (χ1n) is 5.84. The zero-order chi connectivity index (χ0) is 13.8. The fraction of sp³-hybridized carbons (Fsp3) is 0.231. The van der Waals surface area contributed by atoms with Crippen molar-refractivity contribution in [1.29, 1.82) is 0 Å². The summed E-state index contributed by atoms with van der Waals surface area (Å²) < 4.78 is 0. The van der Waals surface area contributed by atoms with Gasteiger partial charge >= 0.3 is 0 Å². The van der Waals surface area contributed by atoms with Crippen LogP contribution in [0.3, 0.4) is 0 Å². The number of aryl methyl sites for hydroxylation is 1. The quantitative estimate of drug-likeness (QED) is 0.817. The molecule has 0 atom stereocenters. The molecule has 98 valence electrons. The van der Waals surface area contributed by atoms with Crippen LogP contribution in [0.25, 0.3) is 11.4 Å².